The maximum atomic E-state index is 13.4. The highest BCUT2D eigenvalue weighted by Gasteiger charge is 2.05. The Morgan fingerprint density at radius 2 is 1.85 bits per heavy atom. The molecule has 0 saturated heterocycles. The van der Waals surface area contributed by atoms with Crippen LogP contribution < -0.4 is 5.32 Å². The zero-order chi connectivity index (χ0) is 14.4. The topological polar surface area (TPSA) is 34.4 Å². The Bertz CT molecular complexity index is 537. The Morgan fingerprint density at radius 1 is 1.10 bits per heavy atom. The van der Waals surface area contributed by atoms with E-state index in [9.17, 15) is 4.39 Å². The molecule has 3 nitrogen and oxygen atoms in total. The first kappa shape index (κ1) is 14.8. The van der Waals surface area contributed by atoms with Crippen molar-refractivity contribution in [2.45, 2.75) is 39.6 Å². The first-order valence-corrected chi connectivity index (χ1v) is 6.77. The number of benzene rings is 1. The van der Waals surface area contributed by atoms with Crippen LogP contribution >= 0.6 is 0 Å². The van der Waals surface area contributed by atoms with E-state index in [2.05, 4.69) is 19.2 Å². The number of halogens is 1. The molecule has 0 atom stereocenters. The van der Waals surface area contributed by atoms with Gasteiger partial charge in [0.25, 0.3) is 0 Å². The first-order valence-electron chi connectivity index (χ1n) is 6.77. The molecule has 1 heterocycles. The lowest BCUT2D eigenvalue weighted by atomic mass is 10.2. The van der Waals surface area contributed by atoms with E-state index in [1.165, 1.54) is 6.07 Å². The second kappa shape index (κ2) is 7.22. The smallest absolute Gasteiger partial charge is 0.129 e. The summed E-state index contributed by atoms with van der Waals surface area (Å²) in [4.78, 5) is 0. The SMILES string of the molecule is CC(C)NCc1ccc(COCc2ccccc2F)o1. The van der Waals surface area contributed by atoms with E-state index < -0.39 is 0 Å². The third-order valence-electron chi connectivity index (χ3n) is 2.86. The van der Waals surface area contributed by atoms with Gasteiger partial charge in [-0.15, -0.1) is 0 Å². The van der Waals surface area contributed by atoms with E-state index in [0.29, 0.717) is 24.8 Å². The van der Waals surface area contributed by atoms with Gasteiger partial charge in [-0.3, -0.25) is 0 Å². The van der Waals surface area contributed by atoms with Crippen molar-refractivity contribution in [2.24, 2.45) is 0 Å². The van der Waals surface area contributed by atoms with Crippen LogP contribution in [0.15, 0.2) is 40.8 Å². The Morgan fingerprint density at radius 3 is 2.60 bits per heavy atom. The lowest BCUT2D eigenvalue weighted by Crippen LogP contribution is -2.21. The molecule has 0 bridgehead atoms. The van der Waals surface area contributed by atoms with Gasteiger partial charge in [0.2, 0.25) is 0 Å². The van der Waals surface area contributed by atoms with Gasteiger partial charge in [0, 0.05) is 11.6 Å². The average Bonchev–Trinajstić information content (AvgIpc) is 2.87. The fourth-order valence-electron chi connectivity index (χ4n) is 1.78. The summed E-state index contributed by atoms with van der Waals surface area (Å²) >= 11 is 0. The van der Waals surface area contributed by atoms with Gasteiger partial charge < -0.3 is 14.5 Å². The minimum absolute atomic E-state index is 0.242. The Kier molecular flexibility index (Phi) is 5.32. The Hall–Kier alpha value is -1.65. The quantitative estimate of drug-likeness (QED) is 0.839. The zero-order valence-corrected chi connectivity index (χ0v) is 11.9. The maximum Gasteiger partial charge on any atom is 0.129 e. The summed E-state index contributed by atoms with van der Waals surface area (Å²) in [5, 5.41) is 3.28. The lowest BCUT2D eigenvalue weighted by Gasteiger charge is -2.05. The van der Waals surface area contributed by atoms with Crippen molar-refractivity contribution in [2.75, 3.05) is 0 Å². The second-order valence-corrected chi connectivity index (χ2v) is 4.99. The summed E-state index contributed by atoms with van der Waals surface area (Å²) in [6.45, 7) is 5.46. The largest absolute Gasteiger partial charge is 0.462 e. The van der Waals surface area contributed by atoms with Crippen molar-refractivity contribution in [1.29, 1.82) is 0 Å². The number of furan rings is 1. The third-order valence-corrected chi connectivity index (χ3v) is 2.86. The van der Waals surface area contributed by atoms with Crippen LogP contribution in [0, 0.1) is 5.82 Å². The molecule has 0 spiro atoms. The standard InChI is InChI=1S/C16H20FNO2/c1-12(2)18-9-14-7-8-15(20-14)11-19-10-13-5-3-4-6-16(13)17/h3-8,12,18H,9-11H2,1-2H3. The maximum absolute atomic E-state index is 13.4. The average molecular weight is 277 g/mol. The van der Waals surface area contributed by atoms with Crippen LogP contribution in [0.1, 0.15) is 30.9 Å². The van der Waals surface area contributed by atoms with Crippen molar-refractivity contribution < 1.29 is 13.5 Å². The van der Waals surface area contributed by atoms with Crippen LogP contribution in [0.3, 0.4) is 0 Å². The van der Waals surface area contributed by atoms with Crippen LogP contribution in [-0.2, 0) is 24.5 Å². The number of rotatable bonds is 7. The molecule has 4 heteroatoms. The highest BCUT2D eigenvalue weighted by molar-refractivity contribution is 5.16. The molecule has 1 N–H and O–H groups in total. The molecule has 0 aliphatic carbocycles. The predicted molar refractivity (Wildman–Crippen MR) is 75.6 cm³/mol. The molecule has 2 rings (SSSR count). The van der Waals surface area contributed by atoms with Crippen molar-refractivity contribution in [3.05, 3.63) is 59.3 Å². The molecule has 0 saturated carbocycles. The normalized spacial score (nSPS) is 11.2. The van der Waals surface area contributed by atoms with Crippen molar-refractivity contribution in [3.63, 3.8) is 0 Å². The van der Waals surface area contributed by atoms with Gasteiger partial charge in [-0.2, -0.15) is 0 Å². The molecule has 108 valence electrons. The van der Waals surface area contributed by atoms with E-state index in [-0.39, 0.29) is 12.4 Å². The molecule has 0 radical (unpaired) electrons. The zero-order valence-electron chi connectivity index (χ0n) is 11.9. The first-order chi connectivity index (χ1) is 9.65. The highest BCUT2D eigenvalue weighted by Crippen LogP contribution is 2.12. The molecular formula is C16H20FNO2. The minimum Gasteiger partial charge on any atom is -0.462 e. The molecule has 0 unspecified atom stereocenters. The van der Waals surface area contributed by atoms with Gasteiger partial charge in [0.05, 0.1) is 13.2 Å². The van der Waals surface area contributed by atoms with Crippen LogP contribution in [0.4, 0.5) is 4.39 Å². The molecule has 2 aromatic rings. The van der Waals surface area contributed by atoms with Gasteiger partial charge in [-0.25, -0.2) is 4.39 Å². The molecule has 0 aliphatic rings. The number of ether oxygens (including phenoxy) is 1. The summed E-state index contributed by atoms with van der Waals surface area (Å²) in [5.41, 5.74) is 0.556. The van der Waals surface area contributed by atoms with Crippen molar-refractivity contribution in [3.8, 4) is 0 Å². The predicted octanol–water partition coefficient (Wildman–Crippen LogP) is 3.63. The lowest BCUT2D eigenvalue weighted by molar-refractivity contribution is 0.0899. The fraction of sp³-hybridized carbons (Fsp3) is 0.375. The fourth-order valence-corrected chi connectivity index (χ4v) is 1.78. The van der Waals surface area contributed by atoms with Crippen LogP contribution in [0.5, 0.6) is 0 Å². The molecule has 0 fully saturated rings. The number of hydrogen-bond donors (Lipinski definition) is 1. The van der Waals surface area contributed by atoms with Gasteiger partial charge >= 0.3 is 0 Å². The van der Waals surface area contributed by atoms with Gasteiger partial charge in [-0.1, -0.05) is 32.0 Å². The molecule has 0 aliphatic heterocycles. The van der Waals surface area contributed by atoms with Gasteiger partial charge in [0.1, 0.15) is 23.9 Å². The van der Waals surface area contributed by atoms with E-state index in [0.717, 1.165) is 11.5 Å². The van der Waals surface area contributed by atoms with E-state index in [1.807, 2.05) is 12.1 Å². The molecule has 0 amide bonds. The molecule has 1 aromatic heterocycles. The van der Waals surface area contributed by atoms with Crippen molar-refractivity contribution in [1.82, 2.24) is 5.32 Å². The Balaban J connectivity index is 1.78. The van der Waals surface area contributed by atoms with Crippen LogP contribution in [0.2, 0.25) is 0 Å². The van der Waals surface area contributed by atoms with E-state index in [1.54, 1.807) is 18.2 Å². The Labute approximate surface area is 118 Å². The summed E-state index contributed by atoms with van der Waals surface area (Å²) in [6.07, 6.45) is 0. The second-order valence-electron chi connectivity index (χ2n) is 4.99. The summed E-state index contributed by atoms with van der Waals surface area (Å²) in [6, 6.07) is 10.8. The third kappa shape index (κ3) is 4.47. The molecular weight excluding hydrogens is 257 g/mol. The summed E-state index contributed by atoms with van der Waals surface area (Å²) < 4.78 is 24.5. The highest BCUT2D eigenvalue weighted by atomic mass is 19.1. The number of nitrogens with one attached hydrogen (secondary N) is 1. The van der Waals surface area contributed by atoms with E-state index in [4.69, 9.17) is 9.15 Å². The summed E-state index contributed by atoms with van der Waals surface area (Å²) in [7, 11) is 0. The monoisotopic (exact) mass is 277 g/mol. The van der Waals surface area contributed by atoms with Gasteiger partial charge in [-0.05, 0) is 18.2 Å². The van der Waals surface area contributed by atoms with Crippen LogP contribution in [0.25, 0.3) is 0 Å². The molecule has 1 aromatic carbocycles. The van der Waals surface area contributed by atoms with Crippen LogP contribution in [-0.4, -0.2) is 6.04 Å². The minimum atomic E-state index is -0.242. The van der Waals surface area contributed by atoms with E-state index >= 15 is 0 Å². The number of hydrogen-bond acceptors (Lipinski definition) is 3. The van der Waals surface area contributed by atoms with Crippen molar-refractivity contribution >= 4 is 0 Å². The molecule has 20 heavy (non-hydrogen) atoms. The summed E-state index contributed by atoms with van der Waals surface area (Å²) in [5.74, 6) is 1.39. The van der Waals surface area contributed by atoms with Gasteiger partial charge in [0.15, 0.2) is 0 Å².